The van der Waals surface area contributed by atoms with Crippen molar-refractivity contribution in [3.8, 4) is 0 Å². The van der Waals surface area contributed by atoms with Crippen molar-refractivity contribution in [3.63, 3.8) is 0 Å². The number of ketones is 1. The van der Waals surface area contributed by atoms with E-state index in [9.17, 15) is 4.79 Å². The SMILES string of the molecule is CC1(C)[C@H]2CC(=Cc3ccccc3)C(=O)[C@@H]1C2. The topological polar surface area (TPSA) is 17.1 Å². The molecule has 0 radical (unpaired) electrons. The summed E-state index contributed by atoms with van der Waals surface area (Å²) in [5, 5.41) is 0. The van der Waals surface area contributed by atoms with Gasteiger partial charge < -0.3 is 0 Å². The zero-order chi connectivity index (χ0) is 12.0. The fourth-order valence-corrected chi connectivity index (χ4v) is 3.28. The molecule has 1 heteroatoms. The Labute approximate surface area is 103 Å². The van der Waals surface area contributed by atoms with Crippen molar-refractivity contribution in [2.75, 3.05) is 0 Å². The van der Waals surface area contributed by atoms with Crippen LogP contribution >= 0.6 is 0 Å². The Hall–Kier alpha value is -1.37. The highest BCUT2D eigenvalue weighted by Crippen LogP contribution is 2.59. The molecule has 0 unspecified atom stereocenters. The summed E-state index contributed by atoms with van der Waals surface area (Å²) in [6.07, 6.45) is 4.16. The van der Waals surface area contributed by atoms with Gasteiger partial charge in [0.25, 0.3) is 0 Å². The summed E-state index contributed by atoms with van der Waals surface area (Å²) in [4.78, 5) is 12.3. The van der Waals surface area contributed by atoms with Gasteiger partial charge in [-0.05, 0) is 41.4 Å². The van der Waals surface area contributed by atoms with Gasteiger partial charge in [0, 0.05) is 5.92 Å². The Morgan fingerprint density at radius 3 is 2.53 bits per heavy atom. The Bertz CT molecular complexity index is 482. The Morgan fingerprint density at radius 2 is 1.94 bits per heavy atom. The lowest BCUT2D eigenvalue weighted by molar-refractivity contribution is -0.140. The van der Waals surface area contributed by atoms with E-state index in [1.807, 2.05) is 18.2 Å². The van der Waals surface area contributed by atoms with Crippen LogP contribution in [-0.2, 0) is 4.79 Å². The van der Waals surface area contributed by atoms with Crippen LogP contribution in [0.25, 0.3) is 6.08 Å². The third-order valence-electron chi connectivity index (χ3n) is 4.71. The molecule has 17 heavy (non-hydrogen) atoms. The highest BCUT2D eigenvalue weighted by molar-refractivity contribution is 6.03. The average molecular weight is 226 g/mol. The predicted molar refractivity (Wildman–Crippen MR) is 69.4 cm³/mol. The molecule has 0 amide bonds. The van der Waals surface area contributed by atoms with Crippen molar-refractivity contribution < 1.29 is 4.79 Å². The molecule has 0 saturated heterocycles. The van der Waals surface area contributed by atoms with Gasteiger partial charge in [0.05, 0.1) is 0 Å². The number of Topliss-reactive ketones (excluding diaryl/α,β-unsaturated/α-hetero) is 1. The lowest BCUT2D eigenvalue weighted by Crippen LogP contribution is -2.53. The van der Waals surface area contributed by atoms with Crippen molar-refractivity contribution >= 4 is 11.9 Å². The summed E-state index contributed by atoms with van der Waals surface area (Å²) in [5.41, 5.74) is 2.43. The smallest absolute Gasteiger partial charge is 0.162 e. The summed E-state index contributed by atoms with van der Waals surface area (Å²) in [5.74, 6) is 1.37. The summed E-state index contributed by atoms with van der Waals surface area (Å²) < 4.78 is 0. The van der Waals surface area contributed by atoms with Crippen molar-refractivity contribution in [1.29, 1.82) is 0 Å². The molecule has 2 atom stereocenters. The monoisotopic (exact) mass is 226 g/mol. The molecule has 3 saturated carbocycles. The first kappa shape index (κ1) is 10.8. The van der Waals surface area contributed by atoms with E-state index in [2.05, 4.69) is 32.1 Å². The third-order valence-corrected chi connectivity index (χ3v) is 4.71. The molecule has 0 heterocycles. The van der Waals surface area contributed by atoms with E-state index in [-0.39, 0.29) is 11.3 Å². The van der Waals surface area contributed by atoms with Crippen LogP contribution in [0.1, 0.15) is 32.3 Å². The van der Waals surface area contributed by atoms with Crippen LogP contribution in [0.15, 0.2) is 35.9 Å². The number of rotatable bonds is 1. The number of fused-ring (bicyclic) bond motifs is 2. The molecule has 0 spiro atoms. The number of allylic oxidation sites excluding steroid dienone is 1. The van der Waals surface area contributed by atoms with Gasteiger partial charge in [-0.2, -0.15) is 0 Å². The second-order valence-corrected chi connectivity index (χ2v) is 5.96. The number of hydrogen-bond donors (Lipinski definition) is 0. The van der Waals surface area contributed by atoms with E-state index in [1.165, 1.54) is 0 Å². The average Bonchev–Trinajstić information content (AvgIpc) is 2.32. The number of hydrogen-bond acceptors (Lipinski definition) is 1. The van der Waals surface area contributed by atoms with Crippen LogP contribution in [0, 0.1) is 17.3 Å². The molecule has 1 nitrogen and oxygen atoms in total. The standard InChI is InChI=1S/C16H18O/c1-16(2)13-9-12(15(17)14(16)10-13)8-11-6-4-3-5-7-11/h3-8,13-14H,9-10H2,1-2H3/t13-,14-/m0/s1. The predicted octanol–water partition coefficient (Wildman–Crippen LogP) is 3.71. The van der Waals surface area contributed by atoms with Crippen molar-refractivity contribution in [2.45, 2.75) is 26.7 Å². The molecular weight excluding hydrogens is 208 g/mol. The quantitative estimate of drug-likeness (QED) is 0.667. The van der Waals surface area contributed by atoms with Gasteiger partial charge >= 0.3 is 0 Å². The van der Waals surface area contributed by atoms with E-state index < -0.39 is 0 Å². The Kier molecular flexibility index (Phi) is 2.25. The van der Waals surface area contributed by atoms with Crippen molar-refractivity contribution in [1.82, 2.24) is 0 Å². The maximum atomic E-state index is 12.3. The van der Waals surface area contributed by atoms with Crippen molar-refractivity contribution in [3.05, 3.63) is 41.5 Å². The van der Waals surface area contributed by atoms with E-state index in [4.69, 9.17) is 0 Å². The molecule has 0 aliphatic heterocycles. The minimum Gasteiger partial charge on any atom is -0.294 e. The molecule has 3 aliphatic rings. The van der Waals surface area contributed by atoms with Gasteiger partial charge in [-0.3, -0.25) is 4.79 Å². The Balaban J connectivity index is 1.89. The van der Waals surface area contributed by atoms with Crippen LogP contribution in [0.3, 0.4) is 0 Å². The molecule has 4 rings (SSSR count). The normalized spacial score (nSPS) is 32.4. The fraction of sp³-hybridized carbons (Fsp3) is 0.438. The van der Waals surface area contributed by atoms with Gasteiger partial charge in [0.15, 0.2) is 5.78 Å². The maximum Gasteiger partial charge on any atom is 0.162 e. The van der Waals surface area contributed by atoms with E-state index >= 15 is 0 Å². The molecule has 1 aromatic rings. The first-order valence-electron chi connectivity index (χ1n) is 6.39. The van der Waals surface area contributed by atoms with Crippen molar-refractivity contribution in [2.24, 2.45) is 17.3 Å². The largest absolute Gasteiger partial charge is 0.294 e. The molecule has 0 aromatic heterocycles. The second kappa shape index (κ2) is 3.56. The number of carbonyl (C=O) groups excluding carboxylic acids is 1. The van der Waals surface area contributed by atoms with E-state index in [0.29, 0.717) is 11.7 Å². The van der Waals surface area contributed by atoms with Crippen LogP contribution in [0.4, 0.5) is 0 Å². The highest BCUT2D eigenvalue weighted by Gasteiger charge is 2.55. The van der Waals surface area contributed by atoms with E-state index in [1.54, 1.807) is 0 Å². The first-order chi connectivity index (χ1) is 8.09. The Morgan fingerprint density at radius 1 is 1.24 bits per heavy atom. The first-order valence-corrected chi connectivity index (χ1v) is 6.39. The molecule has 1 aromatic carbocycles. The lowest BCUT2D eigenvalue weighted by atomic mass is 9.47. The summed E-state index contributed by atoms with van der Waals surface area (Å²) in [7, 11) is 0. The van der Waals surface area contributed by atoms with Gasteiger partial charge in [0.2, 0.25) is 0 Å². The minimum absolute atomic E-state index is 0.241. The van der Waals surface area contributed by atoms with Gasteiger partial charge in [-0.25, -0.2) is 0 Å². The van der Waals surface area contributed by atoms with Crippen LogP contribution in [0.5, 0.6) is 0 Å². The molecule has 3 aliphatic carbocycles. The van der Waals surface area contributed by atoms with Crippen LogP contribution < -0.4 is 0 Å². The number of carbonyl (C=O) groups is 1. The van der Waals surface area contributed by atoms with Gasteiger partial charge in [0.1, 0.15) is 0 Å². The molecule has 3 fully saturated rings. The van der Waals surface area contributed by atoms with Gasteiger partial charge in [-0.15, -0.1) is 0 Å². The summed E-state index contributed by atoms with van der Waals surface area (Å²) in [6, 6.07) is 10.2. The van der Waals surface area contributed by atoms with Crippen LogP contribution in [0.2, 0.25) is 0 Å². The van der Waals surface area contributed by atoms with Crippen LogP contribution in [-0.4, -0.2) is 5.78 Å². The lowest BCUT2D eigenvalue weighted by Gasteiger charge is -2.56. The maximum absolute atomic E-state index is 12.3. The third kappa shape index (κ3) is 1.56. The fourth-order valence-electron chi connectivity index (χ4n) is 3.28. The van der Waals surface area contributed by atoms with E-state index in [0.717, 1.165) is 24.0 Å². The minimum atomic E-state index is 0.241. The highest BCUT2D eigenvalue weighted by atomic mass is 16.1. The number of benzene rings is 1. The second-order valence-electron chi connectivity index (χ2n) is 5.96. The zero-order valence-corrected chi connectivity index (χ0v) is 10.4. The summed E-state index contributed by atoms with van der Waals surface area (Å²) in [6.45, 7) is 4.48. The molecule has 0 N–H and O–H groups in total. The molecular formula is C16H18O. The molecule has 88 valence electrons. The van der Waals surface area contributed by atoms with Gasteiger partial charge in [-0.1, -0.05) is 44.2 Å². The zero-order valence-electron chi connectivity index (χ0n) is 10.4. The summed E-state index contributed by atoms with van der Waals surface area (Å²) >= 11 is 0. The molecule has 2 bridgehead atoms.